The Labute approximate surface area is 199 Å². The van der Waals surface area contributed by atoms with Crippen molar-refractivity contribution in [3.05, 3.63) is 72.6 Å². The van der Waals surface area contributed by atoms with Crippen LogP contribution in [0.4, 0.5) is 4.39 Å². The van der Waals surface area contributed by atoms with Crippen molar-refractivity contribution in [2.24, 2.45) is 0 Å². The number of methoxy groups -OCH3 is 1. The summed E-state index contributed by atoms with van der Waals surface area (Å²) in [4.78, 5) is 6.36. The van der Waals surface area contributed by atoms with Crippen molar-refractivity contribution in [3.8, 4) is 17.2 Å². The first kappa shape index (κ1) is 24.0. The number of ether oxygens (including phenoxy) is 3. The number of likely N-dealkylation sites (tertiary alicyclic amines) is 1. The molecule has 0 spiro atoms. The van der Waals surface area contributed by atoms with Crippen molar-refractivity contribution in [3.63, 3.8) is 0 Å². The lowest BCUT2D eigenvalue weighted by atomic mass is 9.96. The molecule has 1 aliphatic heterocycles. The highest BCUT2D eigenvalue weighted by Crippen LogP contribution is 2.30. The Kier molecular flexibility index (Phi) is 8.03. The predicted molar refractivity (Wildman–Crippen MR) is 127 cm³/mol. The van der Waals surface area contributed by atoms with Gasteiger partial charge in [-0.3, -0.25) is 4.90 Å². The van der Waals surface area contributed by atoms with Crippen molar-refractivity contribution in [1.29, 1.82) is 0 Å². The summed E-state index contributed by atoms with van der Waals surface area (Å²) in [6.07, 6.45) is 7.42. The maximum absolute atomic E-state index is 13.9. The van der Waals surface area contributed by atoms with Crippen LogP contribution in [0.3, 0.4) is 0 Å². The van der Waals surface area contributed by atoms with Gasteiger partial charge in [0.15, 0.2) is 23.1 Å². The molecular weight excluding hydrogens is 437 g/mol. The normalized spacial score (nSPS) is 18.9. The Morgan fingerprint density at radius 3 is 2.74 bits per heavy atom. The molecule has 0 unspecified atom stereocenters. The topological polar surface area (TPSA) is 69.0 Å². The first-order chi connectivity index (χ1) is 16.5. The van der Waals surface area contributed by atoms with E-state index >= 15 is 0 Å². The van der Waals surface area contributed by atoms with Crippen molar-refractivity contribution in [1.82, 2.24) is 14.5 Å². The highest BCUT2D eigenvalue weighted by atomic mass is 19.1. The number of aliphatic hydroxyl groups is 1. The van der Waals surface area contributed by atoms with E-state index in [1.54, 1.807) is 37.8 Å². The van der Waals surface area contributed by atoms with Crippen LogP contribution in [0.1, 0.15) is 24.8 Å². The molecule has 1 N–H and O–H groups in total. The number of aromatic nitrogens is 2. The lowest BCUT2D eigenvalue weighted by Crippen LogP contribution is -2.37. The molecule has 8 heteroatoms. The van der Waals surface area contributed by atoms with E-state index in [2.05, 4.69) is 9.88 Å². The molecule has 7 nitrogen and oxygen atoms in total. The minimum absolute atomic E-state index is 0.0826. The van der Waals surface area contributed by atoms with Crippen LogP contribution in [0.2, 0.25) is 0 Å². The molecule has 0 amide bonds. The van der Waals surface area contributed by atoms with Crippen LogP contribution in [0.5, 0.6) is 17.2 Å². The molecule has 2 heterocycles. The quantitative estimate of drug-likeness (QED) is 0.486. The fraction of sp³-hybridized carbons (Fsp3) is 0.423. The number of halogens is 1. The van der Waals surface area contributed by atoms with Crippen molar-refractivity contribution in [2.45, 2.75) is 38.0 Å². The number of hydrogen-bond acceptors (Lipinski definition) is 6. The minimum Gasteiger partial charge on any atom is -0.493 e. The van der Waals surface area contributed by atoms with Gasteiger partial charge in [0.2, 0.25) is 0 Å². The maximum atomic E-state index is 13.9. The van der Waals surface area contributed by atoms with E-state index in [9.17, 15) is 9.50 Å². The molecule has 0 aliphatic carbocycles. The van der Waals surface area contributed by atoms with Gasteiger partial charge < -0.3 is 23.9 Å². The minimum atomic E-state index is -0.974. The third-order valence-corrected chi connectivity index (χ3v) is 6.14. The standard InChI is InChI=1S/C26H32FN3O4/c1-32-24-8-7-21(17-25(24)33-16-15-30-14-11-28-20-30)18-29-12-4-9-26(31,10-13-29)19-34-23-6-3-2-5-22(23)27/h2-3,5-8,11,14,17,20,31H,4,9-10,12-13,15-16,18-19H2,1H3/t26-/m1/s1. The summed E-state index contributed by atoms with van der Waals surface area (Å²) in [5.41, 5.74) is 0.143. The van der Waals surface area contributed by atoms with Crippen LogP contribution in [0, 0.1) is 5.82 Å². The van der Waals surface area contributed by atoms with Crippen molar-refractivity contribution < 1.29 is 23.7 Å². The lowest BCUT2D eigenvalue weighted by molar-refractivity contribution is -0.0177. The molecule has 0 bridgehead atoms. The van der Waals surface area contributed by atoms with E-state index in [0.29, 0.717) is 37.5 Å². The van der Waals surface area contributed by atoms with Crippen LogP contribution >= 0.6 is 0 Å². The fourth-order valence-corrected chi connectivity index (χ4v) is 4.18. The number of rotatable bonds is 10. The largest absolute Gasteiger partial charge is 0.493 e. The molecule has 0 radical (unpaired) electrons. The third kappa shape index (κ3) is 6.48. The number of para-hydroxylation sites is 1. The zero-order chi connectivity index (χ0) is 23.8. The Bertz CT molecular complexity index is 1050. The van der Waals surface area contributed by atoms with E-state index in [4.69, 9.17) is 14.2 Å². The molecule has 1 aliphatic rings. The molecule has 1 saturated heterocycles. The third-order valence-electron chi connectivity index (χ3n) is 6.14. The smallest absolute Gasteiger partial charge is 0.165 e. The van der Waals surface area contributed by atoms with Gasteiger partial charge in [0.1, 0.15) is 13.2 Å². The van der Waals surface area contributed by atoms with Crippen molar-refractivity contribution in [2.75, 3.05) is 33.4 Å². The molecule has 2 aromatic carbocycles. The van der Waals surface area contributed by atoms with Gasteiger partial charge in [-0.05, 0) is 55.6 Å². The predicted octanol–water partition coefficient (Wildman–Crippen LogP) is 3.91. The summed E-state index contributed by atoms with van der Waals surface area (Å²) in [6, 6.07) is 12.3. The first-order valence-electron chi connectivity index (χ1n) is 11.6. The second kappa shape index (κ2) is 11.4. The molecular formula is C26H32FN3O4. The molecule has 34 heavy (non-hydrogen) atoms. The van der Waals surface area contributed by atoms with Gasteiger partial charge in [0.25, 0.3) is 0 Å². The summed E-state index contributed by atoms with van der Waals surface area (Å²) in [5, 5.41) is 11.1. The Morgan fingerprint density at radius 2 is 1.94 bits per heavy atom. The molecule has 0 saturated carbocycles. The van der Waals surface area contributed by atoms with Gasteiger partial charge in [-0.25, -0.2) is 9.37 Å². The van der Waals surface area contributed by atoms with E-state index in [1.807, 2.05) is 29.0 Å². The summed E-state index contributed by atoms with van der Waals surface area (Å²) in [5.74, 6) is 1.18. The van der Waals surface area contributed by atoms with E-state index in [0.717, 1.165) is 31.6 Å². The zero-order valence-electron chi connectivity index (χ0n) is 19.5. The monoisotopic (exact) mass is 469 g/mol. The van der Waals surface area contributed by atoms with Crippen LogP contribution < -0.4 is 14.2 Å². The van der Waals surface area contributed by atoms with E-state index in [-0.39, 0.29) is 12.4 Å². The average Bonchev–Trinajstić information content (AvgIpc) is 3.29. The summed E-state index contributed by atoms with van der Waals surface area (Å²) < 4.78 is 32.9. The van der Waals surface area contributed by atoms with Gasteiger partial charge in [-0.2, -0.15) is 0 Å². The molecule has 1 aromatic heterocycles. The zero-order valence-corrected chi connectivity index (χ0v) is 19.5. The molecule has 1 fully saturated rings. The van der Waals surface area contributed by atoms with Gasteiger partial charge in [-0.1, -0.05) is 18.2 Å². The van der Waals surface area contributed by atoms with E-state index < -0.39 is 11.4 Å². The fourth-order valence-electron chi connectivity index (χ4n) is 4.18. The van der Waals surface area contributed by atoms with E-state index in [1.165, 1.54) is 6.07 Å². The number of imidazole rings is 1. The number of hydrogen-bond donors (Lipinski definition) is 1. The first-order valence-corrected chi connectivity index (χ1v) is 11.6. The van der Waals surface area contributed by atoms with Gasteiger partial charge in [-0.15, -0.1) is 0 Å². The molecule has 3 aromatic rings. The Hall–Kier alpha value is -3.10. The van der Waals surface area contributed by atoms with Gasteiger partial charge in [0.05, 0.1) is 25.6 Å². The molecule has 1 atom stereocenters. The molecule has 4 rings (SSSR count). The Morgan fingerprint density at radius 1 is 1.06 bits per heavy atom. The number of benzene rings is 2. The average molecular weight is 470 g/mol. The summed E-state index contributed by atoms with van der Waals surface area (Å²) in [7, 11) is 1.64. The SMILES string of the molecule is COc1ccc(CN2CCC[C@](O)(COc3ccccc3F)CC2)cc1OCCn1ccnc1. The van der Waals surface area contributed by atoms with Crippen LogP contribution in [0.25, 0.3) is 0 Å². The van der Waals surface area contributed by atoms with Crippen LogP contribution in [-0.4, -0.2) is 58.6 Å². The lowest BCUT2D eigenvalue weighted by Gasteiger charge is -2.27. The summed E-state index contributed by atoms with van der Waals surface area (Å²) in [6.45, 7) is 3.62. The van der Waals surface area contributed by atoms with Crippen LogP contribution in [-0.2, 0) is 13.1 Å². The molecule has 182 valence electrons. The maximum Gasteiger partial charge on any atom is 0.165 e. The second-order valence-electron chi connectivity index (χ2n) is 8.71. The van der Waals surface area contributed by atoms with Gasteiger partial charge >= 0.3 is 0 Å². The Balaban J connectivity index is 1.32. The van der Waals surface area contributed by atoms with Crippen LogP contribution in [0.15, 0.2) is 61.2 Å². The highest BCUT2D eigenvalue weighted by molar-refractivity contribution is 5.43. The highest BCUT2D eigenvalue weighted by Gasteiger charge is 2.31. The van der Waals surface area contributed by atoms with Crippen molar-refractivity contribution >= 4 is 0 Å². The van der Waals surface area contributed by atoms with Gasteiger partial charge in [0, 0.05) is 25.5 Å². The second-order valence-corrected chi connectivity index (χ2v) is 8.71. The number of nitrogens with zero attached hydrogens (tertiary/aromatic N) is 3. The summed E-state index contributed by atoms with van der Waals surface area (Å²) >= 11 is 0.